The van der Waals surface area contributed by atoms with Crippen LogP contribution in [-0.4, -0.2) is 50.5 Å². The normalized spacial score (nSPS) is 16.8. The van der Waals surface area contributed by atoms with E-state index in [-0.39, 0.29) is 11.5 Å². The maximum Gasteiger partial charge on any atom is 0.0710 e. The van der Waals surface area contributed by atoms with Crippen molar-refractivity contribution in [2.24, 2.45) is 0 Å². The molecule has 0 N–H and O–H groups in total. The molecule has 1 aliphatic rings. The maximum atomic E-state index is 6.51. The fraction of sp³-hybridized carbons (Fsp3) is 0.520. The van der Waals surface area contributed by atoms with Gasteiger partial charge in [-0.05, 0) is 36.9 Å². The molecule has 0 spiro atoms. The number of benzene rings is 2. The lowest BCUT2D eigenvalue weighted by atomic mass is 9.67. The van der Waals surface area contributed by atoms with Crippen LogP contribution in [0.4, 0.5) is 0 Å². The van der Waals surface area contributed by atoms with E-state index in [1.807, 2.05) is 0 Å². The summed E-state index contributed by atoms with van der Waals surface area (Å²) in [5.74, 6) is 0. The Morgan fingerprint density at radius 1 is 0.929 bits per heavy atom. The molecule has 0 bridgehead atoms. The highest BCUT2D eigenvalue weighted by atomic mass is 16.5. The van der Waals surface area contributed by atoms with E-state index < -0.39 is 0 Å². The van der Waals surface area contributed by atoms with E-state index in [9.17, 15) is 0 Å². The minimum atomic E-state index is -0.148. The van der Waals surface area contributed by atoms with E-state index in [0.717, 1.165) is 58.7 Å². The van der Waals surface area contributed by atoms with Crippen molar-refractivity contribution in [1.82, 2.24) is 4.90 Å². The molecule has 0 aromatic heterocycles. The molecular formula is C25H35NO2. The van der Waals surface area contributed by atoms with Crippen molar-refractivity contribution >= 4 is 0 Å². The van der Waals surface area contributed by atoms with Crippen molar-refractivity contribution in [3.8, 4) is 0 Å². The van der Waals surface area contributed by atoms with Crippen LogP contribution in [-0.2, 0) is 14.9 Å². The van der Waals surface area contributed by atoms with Crippen LogP contribution in [0, 0.1) is 0 Å². The summed E-state index contributed by atoms with van der Waals surface area (Å²) in [7, 11) is 0. The molecule has 2 aromatic carbocycles. The lowest BCUT2D eigenvalue weighted by Gasteiger charge is -2.43. The Labute approximate surface area is 170 Å². The molecule has 0 aliphatic carbocycles. The molecule has 0 amide bonds. The topological polar surface area (TPSA) is 21.7 Å². The van der Waals surface area contributed by atoms with Crippen molar-refractivity contribution in [3.05, 3.63) is 71.8 Å². The van der Waals surface area contributed by atoms with Gasteiger partial charge in [-0.1, -0.05) is 74.5 Å². The van der Waals surface area contributed by atoms with Gasteiger partial charge in [0.2, 0.25) is 0 Å². The number of nitrogens with zero attached hydrogens (tertiary/aromatic N) is 1. The molecule has 1 heterocycles. The van der Waals surface area contributed by atoms with E-state index in [1.165, 1.54) is 11.1 Å². The van der Waals surface area contributed by atoms with Crippen LogP contribution in [0.15, 0.2) is 60.7 Å². The summed E-state index contributed by atoms with van der Waals surface area (Å²) in [5, 5.41) is 0. The first-order chi connectivity index (χ1) is 13.8. The smallest absolute Gasteiger partial charge is 0.0710 e. The number of hydrogen-bond acceptors (Lipinski definition) is 3. The third-order valence-corrected chi connectivity index (χ3v) is 5.95. The average Bonchev–Trinajstić information content (AvgIpc) is 2.78. The number of hydrogen-bond donors (Lipinski definition) is 0. The highest BCUT2D eigenvalue weighted by Crippen LogP contribution is 2.42. The van der Waals surface area contributed by atoms with Gasteiger partial charge in [0.25, 0.3) is 0 Å². The van der Waals surface area contributed by atoms with E-state index >= 15 is 0 Å². The molecule has 28 heavy (non-hydrogen) atoms. The summed E-state index contributed by atoms with van der Waals surface area (Å²) >= 11 is 0. The van der Waals surface area contributed by atoms with Crippen LogP contribution >= 0.6 is 0 Å². The quantitative estimate of drug-likeness (QED) is 0.584. The van der Waals surface area contributed by atoms with Gasteiger partial charge in [0, 0.05) is 25.1 Å². The number of ether oxygens (including phenoxy) is 2. The molecule has 2 aromatic rings. The van der Waals surface area contributed by atoms with E-state index in [0.29, 0.717) is 0 Å². The first-order valence-electron chi connectivity index (χ1n) is 10.8. The summed E-state index contributed by atoms with van der Waals surface area (Å²) in [4.78, 5) is 2.54. The average molecular weight is 382 g/mol. The minimum absolute atomic E-state index is 0.148. The van der Waals surface area contributed by atoms with Gasteiger partial charge in [-0.25, -0.2) is 0 Å². The molecular weight excluding hydrogens is 346 g/mol. The summed E-state index contributed by atoms with van der Waals surface area (Å²) in [6.45, 7) is 10.0. The third-order valence-electron chi connectivity index (χ3n) is 5.95. The fourth-order valence-corrected chi connectivity index (χ4v) is 4.49. The summed E-state index contributed by atoms with van der Waals surface area (Å²) in [6.07, 6.45) is 3.23. The van der Waals surface area contributed by atoms with Crippen molar-refractivity contribution in [1.29, 1.82) is 0 Å². The Kier molecular flexibility index (Phi) is 8.08. The first kappa shape index (κ1) is 21.0. The molecule has 1 saturated heterocycles. The Balaban J connectivity index is 2.02. The summed E-state index contributed by atoms with van der Waals surface area (Å²) < 4.78 is 12.1. The van der Waals surface area contributed by atoms with Crippen LogP contribution in [0.3, 0.4) is 0 Å². The van der Waals surface area contributed by atoms with E-state index in [2.05, 4.69) is 79.4 Å². The number of morpholine rings is 1. The molecule has 3 rings (SSSR count). The van der Waals surface area contributed by atoms with Crippen molar-refractivity contribution in [2.75, 3.05) is 39.5 Å². The van der Waals surface area contributed by atoms with Gasteiger partial charge in [0.05, 0.1) is 19.3 Å². The molecule has 0 saturated carbocycles. The fourth-order valence-electron chi connectivity index (χ4n) is 4.49. The van der Waals surface area contributed by atoms with Gasteiger partial charge in [0.15, 0.2) is 0 Å². The molecule has 152 valence electrons. The van der Waals surface area contributed by atoms with Crippen LogP contribution in [0.2, 0.25) is 0 Å². The molecule has 1 aliphatic heterocycles. The molecule has 3 nitrogen and oxygen atoms in total. The van der Waals surface area contributed by atoms with Gasteiger partial charge in [-0.2, -0.15) is 0 Å². The molecule has 3 heteroatoms. The van der Waals surface area contributed by atoms with E-state index in [1.54, 1.807) is 0 Å². The maximum absolute atomic E-state index is 6.51. The Bertz CT molecular complexity index is 628. The SMILES string of the molecule is CCCOC(CC)C(CCN1CCOCC1)(c1ccccc1)c1ccccc1. The zero-order valence-corrected chi connectivity index (χ0v) is 17.5. The zero-order chi connectivity index (χ0) is 19.7. The standard InChI is InChI=1S/C25H35NO2/c1-3-19-28-24(4-2)25(22-11-7-5-8-12-22,23-13-9-6-10-14-23)15-16-26-17-20-27-21-18-26/h5-14,24H,3-4,15-21H2,1-2H3. The second-order valence-electron chi connectivity index (χ2n) is 7.68. The Morgan fingerprint density at radius 2 is 1.50 bits per heavy atom. The van der Waals surface area contributed by atoms with Gasteiger partial charge in [0.1, 0.15) is 0 Å². The first-order valence-corrected chi connectivity index (χ1v) is 10.8. The monoisotopic (exact) mass is 381 g/mol. The third kappa shape index (κ3) is 4.83. The van der Waals surface area contributed by atoms with Crippen LogP contribution < -0.4 is 0 Å². The number of rotatable bonds is 10. The molecule has 0 radical (unpaired) electrons. The Morgan fingerprint density at radius 3 is 2.00 bits per heavy atom. The predicted molar refractivity (Wildman–Crippen MR) is 116 cm³/mol. The molecule has 1 fully saturated rings. The van der Waals surface area contributed by atoms with Crippen molar-refractivity contribution in [2.45, 2.75) is 44.6 Å². The predicted octanol–water partition coefficient (Wildman–Crippen LogP) is 4.90. The molecule has 1 unspecified atom stereocenters. The van der Waals surface area contributed by atoms with Crippen LogP contribution in [0.1, 0.15) is 44.2 Å². The zero-order valence-electron chi connectivity index (χ0n) is 17.5. The lowest BCUT2D eigenvalue weighted by molar-refractivity contribution is -0.00668. The van der Waals surface area contributed by atoms with Crippen molar-refractivity contribution < 1.29 is 9.47 Å². The highest BCUT2D eigenvalue weighted by Gasteiger charge is 2.42. The molecule has 1 atom stereocenters. The van der Waals surface area contributed by atoms with Gasteiger partial charge >= 0.3 is 0 Å². The van der Waals surface area contributed by atoms with Crippen LogP contribution in [0.25, 0.3) is 0 Å². The Hall–Kier alpha value is -1.68. The van der Waals surface area contributed by atoms with Gasteiger partial charge in [-0.3, -0.25) is 4.90 Å². The van der Waals surface area contributed by atoms with Crippen LogP contribution in [0.5, 0.6) is 0 Å². The van der Waals surface area contributed by atoms with Gasteiger partial charge < -0.3 is 9.47 Å². The minimum Gasteiger partial charge on any atom is -0.379 e. The second-order valence-corrected chi connectivity index (χ2v) is 7.68. The summed E-state index contributed by atoms with van der Waals surface area (Å²) in [6, 6.07) is 22.0. The lowest BCUT2D eigenvalue weighted by Crippen LogP contribution is -2.46. The van der Waals surface area contributed by atoms with Crippen molar-refractivity contribution in [3.63, 3.8) is 0 Å². The largest absolute Gasteiger partial charge is 0.379 e. The van der Waals surface area contributed by atoms with E-state index in [4.69, 9.17) is 9.47 Å². The van der Waals surface area contributed by atoms with Gasteiger partial charge in [-0.15, -0.1) is 0 Å². The second kappa shape index (κ2) is 10.8. The highest BCUT2D eigenvalue weighted by molar-refractivity contribution is 5.41. The summed E-state index contributed by atoms with van der Waals surface area (Å²) in [5.41, 5.74) is 2.57.